The molecular weight excluding hydrogens is 510 g/mol. The van der Waals surface area contributed by atoms with Gasteiger partial charge in [0.2, 0.25) is 5.91 Å². The fourth-order valence-electron chi connectivity index (χ4n) is 5.18. The number of hydrogen-bond acceptors (Lipinski definition) is 9. The van der Waals surface area contributed by atoms with Crippen LogP contribution in [-0.4, -0.2) is 53.6 Å². The molecule has 5 atom stereocenters. The van der Waals surface area contributed by atoms with Gasteiger partial charge in [-0.2, -0.15) is 0 Å². The highest BCUT2D eigenvalue weighted by Gasteiger charge is 2.60. The topological polar surface area (TPSA) is 113 Å². The van der Waals surface area contributed by atoms with Crippen LogP contribution >= 0.6 is 20.3 Å². The fraction of sp³-hybridized carbons (Fsp3) is 0.320. The van der Waals surface area contributed by atoms with Crippen LogP contribution in [0.3, 0.4) is 0 Å². The third kappa shape index (κ3) is 4.72. The minimum Gasteiger partial charge on any atom is -0.488 e. The molecule has 37 heavy (non-hydrogen) atoms. The van der Waals surface area contributed by atoms with Gasteiger partial charge in [-0.1, -0.05) is 31.2 Å². The second-order valence-corrected chi connectivity index (χ2v) is 10.7. The zero-order valence-corrected chi connectivity index (χ0v) is 22.1. The molecule has 0 bridgehead atoms. The quantitative estimate of drug-likeness (QED) is 0.206. The number of rotatable bonds is 10. The number of aromatic nitrogens is 1. The number of carbonyl (C=O) groups is 2. The highest BCUT2D eigenvalue weighted by molar-refractivity contribution is 7.32. The van der Waals surface area contributed by atoms with Gasteiger partial charge in [-0.15, -0.1) is 11.3 Å². The van der Waals surface area contributed by atoms with Gasteiger partial charge >= 0.3 is 5.97 Å². The Bertz CT molecular complexity index is 1350. The highest BCUT2D eigenvalue weighted by atomic mass is 32.1. The lowest BCUT2D eigenvalue weighted by atomic mass is 9.78. The number of nitrogens with zero attached hydrogens (tertiary/aromatic N) is 2. The summed E-state index contributed by atoms with van der Waals surface area (Å²) in [5.74, 6) is -1.05. The van der Waals surface area contributed by atoms with Crippen LogP contribution < -0.4 is 15.1 Å². The Morgan fingerprint density at radius 3 is 2.81 bits per heavy atom. The van der Waals surface area contributed by atoms with E-state index in [1.165, 1.54) is 4.90 Å². The molecule has 3 aromatic rings. The van der Waals surface area contributed by atoms with E-state index in [1.54, 1.807) is 24.5 Å². The summed E-state index contributed by atoms with van der Waals surface area (Å²) >= 11 is 1.59. The minimum atomic E-state index is -0.824. The van der Waals surface area contributed by atoms with E-state index < -0.39 is 26.9 Å². The first kappa shape index (κ1) is 25.7. The van der Waals surface area contributed by atoms with Crippen LogP contribution in [0.4, 0.5) is 5.69 Å². The van der Waals surface area contributed by atoms with Gasteiger partial charge in [0.05, 0.1) is 24.6 Å². The number of benzene rings is 2. The third-order valence-corrected chi connectivity index (χ3v) is 8.08. The number of aliphatic hydroxyl groups excluding tert-OH is 1. The first-order chi connectivity index (χ1) is 17.9. The molecule has 1 unspecified atom stereocenters. The Balaban J connectivity index is 1.41. The Kier molecular flexibility index (Phi) is 7.49. The van der Waals surface area contributed by atoms with Crippen molar-refractivity contribution in [2.45, 2.75) is 32.5 Å². The Hall–Kier alpha value is -2.98. The van der Waals surface area contributed by atoms with Crippen molar-refractivity contribution in [1.29, 1.82) is 0 Å². The van der Waals surface area contributed by atoms with Gasteiger partial charge < -0.3 is 29.6 Å². The molecule has 2 aliphatic rings. The van der Waals surface area contributed by atoms with E-state index in [-0.39, 0.29) is 30.2 Å². The van der Waals surface area contributed by atoms with Gasteiger partial charge in [-0.3, -0.25) is 4.79 Å². The second-order valence-electron chi connectivity index (χ2n) is 8.99. The van der Waals surface area contributed by atoms with Crippen molar-refractivity contribution >= 4 is 56.6 Å². The number of ether oxygens (including phenoxy) is 1. The minimum absolute atomic E-state index is 0.0907. The molecule has 2 radical (unpaired) electrons. The van der Waals surface area contributed by atoms with Crippen molar-refractivity contribution < 1.29 is 24.0 Å². The standard InChI is InChI=1S/C25H26BN4O5PS/c1-13-17(23(25(33)35-36-29-26)30-22(13)21(14(2)31)24(30)32)12-34-19-8-4-5-15-16(19)6-3-7-18(15)28-11-20-27-9-10-37-20/h3-10,13-14,21-22,28-29,31,36H,11-12H2,1-2H3/t13-,14+,21+,22+/m0/s1. The molecule has 3 N–H and O–H groups in total. The van der Waals surface area contributed by atoms with Crippen molar-refractivity contribution in [3.63, 3.8) is 0 Å². The molecule has 0 aliphatic carbocycles. The number of amides is 1. The maximum Gasteiger partial charge on any atom is 0.358 e. The van der Waals surface area contributed by atoms with Crippen LogP contribution in [-0.2, 0) is 20.7 Å². The highest BCUT2D eigenvalue weighted by Crippen LogP contribution is 2.48. The summed E-state index contributed by atoms with van der Waals surface area (Å²) in [6.07, 6.45) is 0.960. The van der Waals surface area contributed by atoms with Gasteiger partial charge in [0.25, 0.3) is 0 Å². The molecule has 3 heterocycles. The zero-order valence-electron chi connectivity index (χ0n) is 20.3. The predicted molar refractivity (Wildman–Crippen MR) is 144 cm³/mol. The number of thiazole rings is 1. The Morgan fingerprint density at radius 2 is 2.08 bits per heavy atom. The molecule has 5 rings (SSSR count). The van der Waals surface area contributed by atoms with Crippen molar-refractivity contribution in [2.75, 3.05) is 11.9 Å². The van der Waals surface area contributed by atoms with E-state index in [9.17, 15) is 14.7 Å². The summed E-state index contributed by atoms with van der Waals surface area (Å²) in [4.78, 5) is 33.8. The maximum atomic E-state index is 12.9. The Labute approximate surface area is 221 Å². The van der Waals surface area contributed by atoms with Crippen molar-refractivity contribution in [3.05, 3.63) is 64.3 Å². The van der Waals surface area contributed by atoms with Crippen LogP contribution in [0.15, 0.2) is 59.2 Å². The number of aliphatic hydroxyl groups is 1. The van der Waals surface area contributed by atoms with E-state index in [0.29, 0.717) is 17.9 Å². The molecule has 9 nitrogen and oxygen atoms in total. The van der Waals surface area contributed by atoms with Crippen LogP contribution in [0, 0.1) is 11.8 Å². The first-order valence-corrected chi connectivity index (χ1v) is 13.6. The molecule has 0 spiro atoms. The van der Waals surface area contributed by atoms with Gasteiger partial charge in [0.1, 0.15) is 32.0 Å². The molecule has 12 heteroatoms. The lowest BCUT2D eigenvalue weighted by molar-refractivity contribution is -0.162. The molecule has 1 saturated heterocycles. The summed E-state index contributed by atoms with van der Waals surface area (Å²) < 4.78 is 11.5. The lowest BCUT2D eigenvalue weighted by Gasteiger charge is -2.46. The average Bonchev–Trinajstić information content (AvgIpc) is 3.49. The largest absolute Gasteiger partial charge is 0.488 e. The smallest absolute Gasteiger partial charge is 0.358 e. The third-order valence-electron chi connectivity index (χ3n) is 6.89. The maximum absolute atomic E-state index is 12.9. The number of nitrogens with one attached hydrogen (secondary N) is 2. The number of fused-ring (bicyclic) bond motifs is 2. The molecular formula is C25H26BN4O5PS. The first-order valence-electron chi connectivity index (χ1n) is 11.8. The predicted octanol–water partition coefficient (Wildman–Crippen LogP) is 3.12. The Morgan fingerprint density at radius 1 is 1.30 bits per heavy atom. The summed E-state index contributed by atoms with van der Waals surface area (Å²) in [6, 6.07) is 11.4. The average molecular weight is 536 g/mol. The normalized spacial score (nSPS) is 21.9. The SMILES string of the molecule is [B]NPOC(=O)C1=C(COc2cccc3c(NCc4nccs4)cccc23)[C@H](C)[C@@H]2[C@@H]([C@@H](C)O)C(=O)N12. The van der Waals surface area contributed by atoms with E-state index in [4.69, 9.17) is 17.2 Å². The van der Waals surface area contributed by atoms with Crippen molar-refractivity contribution in [3.8, 4) is 5.75 Å². The number of carbonyl (C=O) groups excluding carboxylic acids is 2. The van der Waals surface area contributed by atoms with Crippen LogP contribution in [0.1, 0.15) is 18.9 Å². The van der Waals surface area contributed by atoms with Crippen molar-refractivity contribution in [2.24, 2.45) is 11.8 Å². The molecule has 0 saturated carbocycles. The number of hydrogen-bond donors (Lipinski definition) is 3. The monoisotopic (exact) mass is 536 g/mol. The van der Waals surface area contributed by atoms with Gasteiger partial charge in [-0.25, -0.2) is 9.78 Å². The molecule has 1 amide bonds. The molecule has 2 aromatic carbocycles. The zero-order chi connectivity index (χ0) is 26.1. The summed E-state index contributed by atoms with van der Waals surface area (Å²) in [6.45, 7) is 4.24. The van der Waals surface area contributed by atoms with Gasteiger partial charge in [0.15, 0.2) is 7.98 Å². The summed E-state index contributed by atoms with van der Waals surface area (Å²) in [5.41, 5.74) is 1.79. The van der Waals surface area contributed by atoms with E-state index in [2.05, 4.69) is 15.3 Å². The van der Waals surface area contributed by atoms with Gasteiger partial charge in [-0.05, 0) is 19.1 Å². The van der Waals surface area contributed by atoms with Crippen molar-refractivity contribution in [1.82, 2.24) is 14.9 Å². The van der Waals surface area contributed by atoms with E-state index in [0.717, 1.165) is 21.5 Å². The summed E-state index contributed by atoms with van der Waals surface area (Å²) in [7, 11) is 4.82. The number of anilines is 1. The van der Waals surface area contributed by atoms with E-state index in [1.807, 2.05) is 48.7 Å². The van der Waals surface area contributed by atoms with E-state index >= 15 is 0 Å². The van der Waals surface area contributed by atoms with Gasteiger partial charge in [0, 0.05) is 39.5 Å². The molecule has 190 valence electrons. The second kappa shape index (κ2) is 10.8. The molecule has 1 fully saturated rings. The number of β-lactam (4-membered cyclic amide) rings is 1. The summed E-state index contributed by atoms with van der Waals surface area (Å²) in [5, 5.41) is 18.5. The molecule has 2 aliphatic heterocycles. The molecule has 1 aromatic heterocycles. The van der Waals surface area contributed by atoms with Crippen LogP contribution in [0.5, 0.6) is 5.75 Å². The lowest BCUT2D eigenvalue weighted by Crippen LogP contribution is -2.63. The fourth-order valence-corrected chi connectivity index (χ4v) is 5.98. The van der Waals surface area contributed by atoms with Crippen LogP contribution in [0.25, 0.3) is 10.8 Å². The van der Waals surface area contributed by atoms with Crippen LogP contribution in [0.2, 0.25) is 0 Å².